The van der Waals surface area contributed by atoms with E-state index in [1.807, 2.05) is 0 Å². The second-order valence-corrected chi connectivity index (χ2v) is 4.86. The van der Waals surface area contributed by atoms with Gasteiger partial charge in [0, 0.05) is 37.2 Å². The number of hydrogen-bond donors (Lipinski definition) is 1. The van der Waals surface area contributed by atoms with E-state index >= 15 is 0 Å². The van der Waals surface area contributed by atoms with Gasteiger partial charge in [-0.05, 0) is 24.6 Å². The van der Waals surface area contributed by atoms with Crippen LogP contribution in [0.2, 0.25) is 0 Å². The molecule has 1 aromatic carbocycles. The smallest absolute Gasteiger partial charge is 0.253 e. The van der Waals surface area contributed by atoms with Crippen LogP contribution >= 0.6 is 0 Å². The molecule has 19 heavy (non-hydrogen) atoms. The van der Waals surface area contributed by atoms with Gasteiger partial charge < -0.3 is 15.4 Å². The number of rotatable bonds is 4. The Hall–Kier alpha value is -1.88. The van der Waals surface area contributed by atoms with Crippen LogP contribution in [-0.2, 0) is 4.74 Å². The first kappa shape index (κ1) is 13.5. The molecule has 1 atom stereocenters. The van der Waals surface area contributed by atoms with Crippen molar-refractivity contribution in [2.24, 2.45) is 11.7 Å². The van der Waals surface area contributed by atoms with Crippen molar-refractivity contribution >= 4 is 11.8 Å². The number of nitrogens with two attached hydrogens (primary N) is 1. The molecule has 5 heteroatoms. The number of carbonyl (C=O) groups is 2. The molecule has 2 N–H and O–H groups in total. The lowest BCUT2D eigenvalue weighted by Crippen LogP contribution is -2.32. The highest BCUT2D eigenvalue weighted by atomic mass is 16.5. The van der Waals surface area contributed by atoms with Crippen LogP contribution in [0.5, 0.6) is 0 Å². The van der Waals surface area contributed by atoms with Gasteiger partial charge in [-0.1, -0.05) is 6.07 Å². The second kappa shape index (κ2) is 5.84. The molecule has 2 amide bonds. The van der Waals surface area contributed by atoms with Crippen molar-refractivity contribution in [1.82, 2.24) is 4.90 Å². The summed E-state index contributed by atoms with van der Waals surface area (Å²) in [6, 6.07) is 6.49. The minimum Gasteiger partial charge on any atom is -0.381 e. The van der Waals surface area contributed by atoms with Crippen LogP contribution in [0.15, 0.2) is 24.3 Å². The van der Waals surface area contributed by atoms with E-state index in [1.54, 1.807) is 30.1 Å². The molecule has 1 aromatic rings. The van der Waals surface area contributed by atoms with E-state index in [0.29, 0.717) is 30.2 Å². The maximum atomic E-state index is 12.2. The van der Waals surface area contributed by atoms with Gasteiger partial charge in [0.05, 0.1) is 6.61 Å². The van der Waals surface area contributed by atoms with Crippen LogP contribution in [0.25, 0.3) is 0 Å². The summed E-state index contributed by atoms with van der Waals surface area (Å²) in [5, 5.41) is 0. The standard InChI is InChI=1S/C14H18N2O3/c1-16(8-10-5-6-19-9-10)14(18)12-4-2-3-11(7-12)13(15)17/h2-4,7,10H,5-6,8-9H2,1H3,(H2,15,17). The first-order valence-corrected chi connectivity index (χ1v) is 6.31. The molecule has 0 aromatic heterocycles. The molecule has 1 unspecified atom stereocenters. The summed E-state index contributed by atoms with van der Waals surface area (Å²) in [6.07, 6.45) is 0.985. The number of benzene rings is 1. The molecule has 0 bridgehead atoms. The number of hydrogen-bond acceptors (Lipinski definition) is 3. The van der Waals surface area contributed by atoms with Crippen molar-refractivity contribution in [1.29, 1.82) is 0 Å². The van der Waals surface area contributed by atoms with Crippen molar-refractivity contribution in [3.05, 3.63) is 35.4 Å². The van der Waals surface area contributed by atoms with E-state index in [4.69, 9.17) is 10.5 Å². The zero-order valence-corrected chi connectivity index (χ0v) is 11.0. The Morgan fingerprint density at radius 2 is 2.16 bits per heavy atom. The van der Waals surface area contributed by atoms with E-state index < -0.39 is 5.91 Å². The van der Waals surface area contributed by atoms with Gasteiger partial charge in [0.25, 0.3) is 5.91 Å². The van der Waals surface area contributed by atoms with Gasteiger partial charge in [-0.2, -0.15) is 0 Å². The molecular weight excluding hydrogens is 244 g/mol. The molecule has 1 aliphatic heterocycles. The van der Waals surface area contributed by atoms with Gasteiger partial charge in [0.15, 0.2) is 0 Å². The maximum absolute atomic E-state index is 12.2. The lowest BCUT2D eigenvalue weighted by Gasteiger charge is -2.20. The number of ether oxygens (including phenoxy) is 1. The predicted octanol–water partition coefficient (Wildman–Crippen LogP) is 0.894. The van der Waals surface area contributed by atoms with E-state index in [1.165, 1.54) is 6.07 Å². The molecule has 1 fully saturated rings. The summed E-state index contributed by atoms with van der Waals surface area (Å²) >= 11 is 0. The third-order valence-electron chi connectivity index (χ3n) is 3.30. The Morgan fingerprint density at radius 3 is 2.79 bits per heavy atom. The molecule has 2 rings (SSSR count). The van der Waals surface area contributed by atoms with Crippen molar-refractivity contribution in [2.45, 2.75) is 6.42 Å². The first-order chi connectivity index (χ1) is 9.08. The number of primary amides is 1. The van der Waals surface area contributed by atoms with E-state index in [-0.39, 0.29) is 5.91 Å². The Bertz CT molecular complexity index is 481. The Kier molecular flexibility index (Phi) is 4.16. The van der Waals surface area contributed by atoms with Gasteiger partial charge >= 0.3 is 0 Å². The molecule has 1 heterocycles. The van der Waals surface area contributed by atoms with Crippen LogP contribution in [0.3, 0.4) is 0 Å². The predicted molar refractivity (Wildman–Crippen MR) is 70.8 cm³/mol. The van der Waals surface area contributed by atoms with Crippen molar-refractivity contribution in [3.63, 3.8) is 0 Å². The largest absolute Gasteiger partial charge is 0.381 e. The van der Waals surface area contributed by atoms with Gasteiger partial charge in [0.2, 0.25) is 5.91 Å². The molecule has 0 saturated carbocycles. The van der Waals surface area contributed by atoms with Crippen LogP contribution < -0.4 is 5.73 Å². The quantitative estimate of drug-likeness (QED) is 0.876. The molecule has 0 spiro atoms. The highest BCUT2D eigenvalue weighted by Gasteiger charge is 2.21. The maximum Gasteiger partial charge on any atom is 0.253 e. The minimum absolute atomic E-state index is 0.102. The molecule has 0 radical (unpaired) electrons. The summed E-state index contributed by atoms with van der Waals surface area (Å²) in [5.41, 5.74) is 6.04. The van der Waals surface area contributed by atoms with Gasteiger partial charge in [0.1, 0.15) is 0 Å². The molecule has 1 aliphatic rings. The van der Waals surface area contributed by atoms with Crippen LogP contribution in [0.1, 0.15) is 27.1 Å². The fraction of sp³-hybridized carbons (Fsp3) is 0.429. The zero-order valence-electron chi connectivity index (χ0n) is 11.0. The fourth-order valence-electron chi connectivity index (χ4n) is 2.22. The highest BCUT2D eigenvalue weighted by molar-refractivity contribution is 5.98. The average Bonchev–Trinajstić information content (AvgIpc) is 2.90. The first-order valence-electron chi connectivity index (χ1n) is 6.31. The fourth-order valence-corrected chi connectivity index (χ4v) is 2.22. The second-order valence-electron chi connectivity index (χ2n) is 4.86. The average molecular weight is 262 g/mol. The summed E-state index contributed by atoms with van der Waals surface area (Å²) in [6.45, 7) is 2.14. The Labute approximate surface area is 112 Å². The van der Waals surface area contributed by atoms with Crippen LogP contribution in [0, 0.1) is 5.92 Å². The van der Waals surface area contributed by atoms with E-state index in [0.717, 1.165) is 13.0 Å². The molecule has 0 aliphatic carbocycles. The van der Waals surface area contributed by atoms with Crippen molar-refractivity contribution < 1.29 is 14.3 Å². The molecular formula is C14H18N2O3. The van der Waals surface area contributed by atoms with Crippen molar-refractivity contribution in [3.8, 4) is 0 Å². The number of nitrogens with zero attached hydrogens (tertiary/aromatic N) is 1. The monoisotopic (exact) mass is 262 g/mol. The minimum atomic E-state index is -0.526. The molecule has 102 valence electrons. The summed E-state index contributed by atoms with van der Waals surface area (Å²) in [5.74, 6) is -0.232. The number of carbonyl (C=O) groups excluding carboxylic acids is 2. The van der Waals surface area contributed by atoms with Crippen molar-refractivity contribution in [2.75, 3.05) is 26.8 Å². The summed E-state index contributed by atoms with van der Waals surface area (Å²) < 4.78 is 5.29. The van der Waals surface area contributed by atoms with Crippen LogP contribution in [-0.4, -0.2) is 43.5 Å². The molecule has 1 saturated heterocycles. The Balaban J connectivity index is 2.05. The lowest BCUT2D eigenvalue weighted by atomic mass is 10.1. The SMILES string of the molecule is CN(CC1CCOC1)C(=O)c1cccc(C(N)=O)c1. The van der Waals surface area contributed by atoms with Crippen LogP contribution in [0.4, 0.5) is 0 Å². The third kappa shape index (κ3) is 3.32. The van der Waals surface area contributed by atoms with Gasteiger partial charge in [-0.3, -0.25) is 9.59 Å². The normalized spacial score (nSPS) is 18.3. The highest BCUT2D eigenvalue weighted by Crippen LogP contribution is 2.15. The summed E-state index contributed by atoms with van der Waals surface area (Å²) in [4.78, 5) is 25.0. The topological polar surface area (TPSA) is 72.6 Å². The zero-order chi connectivity index (χ0) is 13.8. The van der Waals surface area contributed by atoms with Gasteiger partial charge in [-0.25, -0.2) is 0 Å². The lowest BCUT2D eigenvalue weighted by molar-refractivity contribution is 0.0766. The third-order valence-corrected chi connectivity index (χ3v) is 3.30. The van der Waals surface area contributed by atoms with Gasteiger partial charge in [-0.15, -0.1) is 0 Å². The number of amides is 2. The molecule has 5 nitrogen and oxygen atoms in total. The van der Waals surface area contributed by atoms with E-state index in [2.05, 4.69) is 0 Å². The summed E-state index contributed by atoms with van der Waals surface area (Å²) in [7, 11) is 1.76. The Morgan fingerprint density at radius 1 is 1.42 bits per heavy atom. The van der Waals surface area contributed by atoms with E-state index in [9.17, 15) is 9.59 Å².